The minimum atomic E-state index is -4.28. The van der Waals surface area contributed by atoms with E-state index in [9.17, 15) is 18.3 Å². The molecule has 2 aromatic heterocycles. The summed E-state index contributed by atoms with van der Waals surface area (Å²) in [5, 5.41) is 22.6. The number of hydrogen-bond donors (Lipinski definition) is 1. The number of carboxylic acid groups (broad SMARTS) is 1. The third-order valence-electron chi connectivity index (χ3n) is 4.54. The van der Waals surface area contributed by atoms with Crippen LogP contribution in [0.1, 0.15) is 5.69 Å². The minimum absolute atomic E-state index is 0.113. The first kappa shape index (κ1) is 22.0. The second kappa shape index (κ2) is 8.38. The Morgan fingerprint density at radius 2 is 1.78 bits per heavy atom. The summed E-state index contributed by atoms with van der Waals surface area (Å²) in [5.74, 6) is -0.839. The Morgan fingerprint density at radius 1 is 1.06 bits per heavy atom. The number of nitrogens with zero attached hydrogens (tertiary/aromatic N) is 5. The molecule has 0 unspecified atom stereocenters. The van der Waals surface area contributed by atoms with Gasteiger partial charge in [0.25, 0.3) is 10.0 Å². The maximum absolute atomic E-state index is 13.3. The van der Waals surface area contributed by atoms with E-state index in [0.29, 0.717) is 16.7 Å². The zero-order valence-electron chi connectivity index (χ0n) is 16.5. The summed E-state index contributed by atoms with van der Waals surface area (Å²) in [7, 11) is -4.28. The molecule has 2 heterocycles. The van der Waals surface area contributed by atoms with E-state index >= 15 is 0 Å². The molecule has 4 aromatic rings. The van der Waals surface area contributed by atoms with Crippen LogP contribution in [0.4, 0.5) is 5.69 Å². The van der Waals surface area contributed by atoms with Crippen LogP contribution in [-0.2, 0) is 14.8 Å². The number of rotatable bonds is 6. The van der Waals surface area contributed by atoms with Gasteiger partial charge in [0.15, 0.2) is 5.82 Å². The van der Waals surface area contributed by atoms with Crippen LogP contribution in [0.3, 0.4) is 0 Å². The monoisotopic (exact) mass is 491 g/mol. The van der Waals surface area contributed by atoms with Gasteiger partial charge in [0.2, 0.25) is 0 Å². The second-order valence-electron chi connectivity index (χ2n) is 6.84. The third-order valence-corrected chi connectivity index (χ3v) is 6.73. The van der Waals surface area contributed by atoms with Gasteiger partial charge in [-0.05, 0) is 55.5 Å². The lowest BCUT2D eigenvalue weighted by atomic mass is 10.2. The van der Waals surface area contributed by atoms with Gasteiger partial charge in [0, 0.05) is 15.4 Å². The van der Waals surface area contributed by atoms with E-state index < -0.39 is 22.5 Å². The lowest BCUT2D eigenvalue weighted by molar-refractivity contribution is -0.135. The molecular formula is C20H15Cl2N5O4S. The largest absolute Gasteiger partial charge is 0.480 e. The van der Waals surface area contributed by atoms with Gasteiger partial charge in [-0.1, -0.05) is 23.2 Å². The number of aromatic nitrogens is 4. The van der Waals surface area contributed by atoms with Crippen LogP contribution >= 0.6 is 23.2 Å². The lowest BCUT2D eigenvalue weighted by Crippen LogP contribution is -2.35. The summed E-state index contributed by atoms with van der Waals surface area (Å²) in [5.41, 5.74) is 1.54. The molecule has 0 saturated carbocycles. The van der Waals surface area contributed by atoms with Gasteiger partial charge in [-0.15, -0.1) is 5.10 Å². The fourth-order valence-corrected chi connectivity index (χ4v) is 5.24. The SMILES string of the molecule is Cc1ccc(-n2ncc3cc(N(CC(=O)O)S(=O)(=O)c4cc(Cl)cc(Cl)c4)ccc32)nn1. The fourth-order valence-electron chi connectivity index (χ4n) is 3.11. The van der Waals surface area contributed by atoms with Crippen LogP contribution < -0.4 is 4.31 Å². The number of sulfonamides is 1. The van der Waals surface area contributed by atoms with Gasteiger partial charge < -0.3 is 5.11 Å². The number of carboxylic acids is 1. The molecular weight excluding hydrogens is 477 g/mol. The number of anilines is 1. The van der Waals surface area contributed by atoms with E-state index in [0.717, 1.165) is 10.00 Å². The van der Waals surface area contributed by atoms with Crippen LogP contribution in [-0.4, -0.2) is 46.0 Å². The molecule has 0 saturated heterocycles. The van der Waals surface area contributed by atoms with E-state index in [4.69, 9.17) is 23.2 Å². The van der Waals surface area contributed by atoms with Crippen LogP contribution in [0, 0.1) is 6.92 Å². The third kappa shape index (κ3) is 4.24. The first-order chi connectivity index (χ1) is 15.1. The Morgan fingerprint density at radius 3 is 2.41 bits per heavy atom. The maximum atomic E-state index is 13.3. The average molecular weight is 492 g/mol. The van der Waals surface area contributed by atoms with E-state index in [1.807, 2.05) is 6.92 Å². The molecule has 0 aliphatic rings. The standard InChI is InChI=1S/C20H15Cl2N5O4S/c1-12-2-5-19(25-24-12)27-18-4-3-16(6-13(18)10-23-27)26(11-20(28)29)32(30,31)17-8-14(21)7-15(22)9-17/h2-10H,11H2,1H3,(H,28,29). The topological polar surface area (TPSA) is 118 Å². The Bertz CT molecular complexity index is 1420. The van der Waals surface area contributed by atoms with E-state index in [-0.39, 0.29) is 20.6 Å². The van der Waals surface area contributed by atoms with Crippen LogP contribution in [0.5, 0.6) is 0 Å². The molecule has 2 aromatic carbocycles. The van der Waals surface area contributed by atoms with Crippen molar-refractivity contribution in [2.45, 2.75) is 11.8 Å². The van der Waals surface area contributed by atoms with Crippen molar-refractivity contribution in [3.63, 3.8) is 0 Å². The molecule has 4 rings (SSSR count). The summed E-state index contributed by atoms with van der Waals surface area (Å²) < 4.78 is 28.9. The highest BCUT2D eigenvalue weighted by molar-refractivity contribution is 7.92. The van der Waals surface area contributed by atoms with Crippen molar-refractivity contribution in [1.82, 2.24) is 20.0 Å². The van der Waals surface area contributed by atoms with Gasteiger partial charge >= 0.3 is 5.97 Å². The molecule has 12 heteroatoms. The predicted octanol–water partition coefficient (Wildman–Crippen LogP) is 3.71. The summed E-state index contributed by atoms with van der Waals surface area (Å²) in [6, 6.07) is 12.0. The second-order valence-corrected chi connectivity index (χ2v) is 9.58. The summed E-state index contributed by atoms with van der Waals surface area (Å²) in [6.07, 6.45) is 1.53. The van der Waals surface area contributed by atoms with Crippen LogP contribution in [0.2, 0.25) is 10.0 Å². The van der Waals surface area contributed by atoms with Gasteiger partial charge in [-0.3, -0.25) is 9.10 Å². The zero-order chi connectivity index (χ0) is 23.0. The number of aliphatic carboxylic acids is 1. The van der Waals surface area contributed by atoms with Gasteiger partial charge in [-0.25, -0.2) is 13.1 Å². The Hall–Kier alpha value is -3.21. The number of halogens is 2. The van der Waals surface area contributed by atoms with E-state index in [1.165, 1.54) is 36.5 Å². The van der Waals surface area contributed by atoms with Gasteiger partial charge in [0.1, 0.15) is 6.54 Å². The highest BCUT2D eigenvalue weighted by Gasteiger charge is 2.28. The van der Waals surface area contributed by atoms with Crippen molar-refractivity contribution in [1.29, 1.82) is 0 Å². The fraction of sp³-hybridized carbons (Fsp3) is 0.100. The number of aryl methyl sites for hydroxylation is 1. The van der Waals surface area contributed by atoms with Crippen molar-refractivity contribution < 1.29 is 18.3 Å². The molecule has 0 aliphatic carbocycles. The molecule has 0 aliphatic heterocycles. The molecule has 32 heavy (non-hydrogen) atoms. The first-order valence-electron chi connectivity index (χ1n) is 9.14. The Labute approximate surface area is 192 Å². The first-order valence-corrected chi connectivity index (χ1v) is 11.3. The van der Waals surface area contributed by atoms with Crippen LogP contribution in [0.25, 0.3) is 16.7 Å². The summed E-state index contributed by atoms with van der Waals surface area (Å²) >= 11 is 11.9. The van der Waals surface area contributed by atoms with E-state index in [1.54, 1.807) is 22.9 Å². The summed E-state index contributed by atoms with van der Waals surface area (Å²) in [6.45, 7) is 1.02. The predicted molar refractivity (Wildman–Crippen MR) is 120 cm³/mol. The average Bonchev–Trinajstić information content (AvgIpc) is 3.15. The molecule has 1 N–H and O–H groups in total. The van der Waals surface area contributed by atoms with Crippen molar-refractivity contribution in [2.24, 2.45) is 0 Å². The maximum Gasteiger partial charge on any atom is 0.324 e. The number of fused-ring (bicyclic) bond motifs is 1. The highest BCUT2D eigenvalue weighted by Crippen LogP contribution is 2.30. The minimum Gasteiger partial charge on any atom is -0.480 e. The number of hydrogen-bond acceptors (Lipinski definition) is 6. The molecule has 0 radical (unpaired) electrons. The van der Waals surface area contributed by atoms with Crippen molar-refractivity contribution in [2.75, 3.05) is 10.8 Å². The number of benzene rings is 2. The van der Waals surface area contributed by atoms with Crippen molar-refractivity contribution >= 4 is 55.8 Å². The smallest absolute Gasteiger partial charge is 0.324 e. The molecule has 0 spiro atoms. The molecule has 0 fully saturated rings. The molecule has 164 valence electrons. The molecule has 0 amide bonds. The van der Waals surface area contributed by atoms with Crippen LogP contribution in [0.15, 0.2) is 59.6 Å². The zero-order valence-corrected chi connectivity index (χ0v) is 18.8. The Balaban J connectivity index is 1.81. The normalized spacial score (nSPS) is 11.6. The quantitative estimate of drug-likeness (QED) is 0.436. The molecule has 0 bridgehead atoms. The van der Waals surface area contributed by atoms with Gasteiger partial charge in [0.05, 0.1) is 28.0 Å². The van der Waals surface area contributed by atoms with Crippen molar-refractivity contribution in [3.05, 3.63) is 70.5 Å². The highest BCUT2D eigenvalue weighted by atomic mass is 35.5. The van der Waals surface area contributed by atoms with Crippen molar-refractivity contribution in [3.8, 4) is 5.82 Å². The van der Waals surface area contributed by atoms with Gasteiger partial charge in [-0.2, -0.15) is 10.2 Å². The molecule has 0 atom stereocenters. The summed E-state index contributed by atoms with van der Waals surface area (Å²) in [4.78, 5) is 11.3. The molecule has 9 nitrogen and oxygen atoms in total. The van der Waals surface area contributed by atoms with E-state index in [2.05, 4.69) is 15.3 Å². The number of carbonyl (C=O) groups is 1. The Kier molecular flexibility index (Phi) is 5.76. The lowest BCUT2D eigenvalue weighted by Gasteiger charge is -2.23.